The van der Waals surface area contributed by atoms with Crippen LogP contribution in [-0.2, 0) is 11.3 Å². The summed E-state index contributed by atoms with van der Waals surface area (Å²) in [4.78, 5) is 19.1. The molecule has 0 atom stereocenters. The van der Waals surface area contributed by atoms with Gasteiger partial charge in [-0.05, 0) is 56.1 Å². The minimum atomic E-state index is 0.00329. The summed E-state index contributed by atoms with van der Waals surface area (Å²) in [6, 6.07) is 15.7. The van der Waals surface area contributed by atoms with Crippen molar-refractivity contribution in [3.63, 3.8) is 0 Å². The molecule has 1 aliphatic rings. The standard InChI is InChI=1S/C22H26N4O2/c1-28-21-9-5-3-7-19(21)24-22(27)15-25-12-10-17(11-13-25)14-26-16-23-18-6-2-4-8-20(18)26/h2-9,16-17H,10-15H2,1H3,(H,24,27). The van der Waals surface area contributed by atoms with Gasteiger partial charge in [0.2, 0.25) is 5.91 Å². The molecule has 4 rings (SSSR count). The molecule has 1 aromatic heterocycles. The van der Waals surface area contributed by atoms with Crippen LogP contribution in [0.4, 0.5) is 5.69 Å². The van der Waals surface area contributed by atoms with E-state index < -0.39 is 0 Å². The normalized spacial score (nSPS) is 15.6. The van der Waals surface area contributed by atoms with E-state index in [1.807, 2.05) is 36.7 Å². The first-order chi connectivity index (χ1) is 13.7. The highest BCUT2D eigenvalue weighted by Crippen LogP contribution is 2.24. The lowest BCUT2D eigenvalue weighted by Gasteiger charge is -2.31. The van der Waals surface area contributed by atoms with Gasteiger partial charge in [-0.1, -0.05) is 24.3 Å². The largest absolute Gasteiger partial charge is 0.495 e. The molecule has 0 saturated carbocycles. The van der Waals surface area contributed by atoms with Crippen LogP contribution in [0.2, 0.25) is 0 Å². The summed E-state index contributed by atoms with van der Waals surface area (Å²) in [6.45, 7) is 3.29. The van der Waals surface area contributed by atoms with Crippen LogP contribution in [0.5, 0.6) is 5.75 Å². The number of nitrogens with zero attached hydrogens (tertiary/aromatic N) is 3. The van der Waals surface area contributed by atoms with E-state index in [2.05, 4.69) is 38.0 Å². The summed E-state index contributed by atoms with van der Waals surface area (Å²) < 4.78 is 7.55. The van der Waals surface area contributed by atoms with Crippen molar-refractivity contribution in [2.24, 2.45) is 5.92 Å². The van der Waals surface area contributed by atoms with Crippen LogP contribution in [0.15, 0.2) is 54.9 Å². The Labute approximate surface area is 165 Å². The number of anilines is 1. The van der Waals surface area contributed by atoms with Crippen LogP contribution in [0.25, 0.3) is 11.0 Å². The Hall–Kier alpha value is -2.86. The Balaban J connectivity index is 1.28. The predicted molar refractivity (Wildman–Crippen MR) is 111 cm³/mol. The minimum absolute atomic E-state index is 0.00329. The SMILES string of the molecule is COc1ccccc1NC(=O)CN1CCC(Cn2cnc3ccccc32)CC1. The predicted octanol–water partition coefficient (Wildman–Crippen LogP) is 3.40. The number of piperidine rings is 1. The molecule has 0 bridgehead atoms. The molecule has 1 aliphatic heterocycles. The molecule has 6 heteroatoms. The fourth-order valence-corrected chi connectivity index (χ4v) is 3.90. The second-order valence-corrected chi connectivity index (χ2v) is 7.35. The molecule has 1 N–H and O–H groups in total. The third kappa shape index (κ3) is 4.17. The van der Waals surface area contributed by atoms with Gasteiger partial charge in [0.25, 0.3) is 0 Å². The van der Waals surface area contributed by atoms with Gasteiger partial charge in [0.15, 0.2) is 0 Å². The second kappa shape index (κ2) is 8.44. The van der Waals surface area contributed by atoms with Crippen molar-refractivity contribution in [3.8, 4) is 5.75 Å². The number of amides is 1. The van der Waals surface area contributed by atoms with E-state index in [0.717, 1.165) is 43.7 Å². The Kier molecular flexibility index (Phi) is 5.58. The number of aromatic nitrogens is 2. The summed E-state index contributed by atoms with van der Waals surface area (Å²) in [7, 11) is 1.61. The van der Waals surface area contributed by atoms with Crippen LogP contribution in [0.1, 0.15) is 12.8 Å². The summed E-state index contributed by atoms with van der Waals surface area (Å²) in [5.41, 5.74) is 2.96. The van der Waals surface area contributed by atoms with Gasteiger partial charge in [-0.15, -0.1) is 0 Å². The molecule has 2 aromatic carbocycles. The average molecular weight is 378 g/mol. The molecule has 6 nitrogen and oxygen atoms in total. The number of methoxy groups -OCH3 is 1. The number of para-hydroxylation sites is 4. The topological polar surface area (TPSA) is 59.4 Å². The van der Waals surface area contributed by atoms with Crippen molar-refractivity contribution in [2.75, 3.05) is 32.1 Å². The molecule has 1 saturated heterocycles. The van der Waals surface area contributed by atoms with Gasteiger partial charge in [0, 0.05) is 6.54 Å². The van der Waals surface area contributed by atoms with Crippen molar-refractivity contribution < 1.29 is 9.53 Å². The number of carbonyl (C=O) groups excluding carboxylic acids is 1. The molecule has 2 heterocycles. The van der Waals surface area contributed by atoms with Crippen LogP contribution in [-0.4, -0.2) is 47.1 Å². The van der Waals surface area contributed by atoms with Gasteiger partial charge >= 0.3 is 0 Å². The number of fused-ring (bicyclic) bond motifs is 1. The van der Waals surface area contributed by atoms with Gasteiger partial charge < -0.3 is 14.6 Å². The Morgan fingerprint density at radius 2 is 1.89 bits per heavy atom. The van der Waals surface area contributed by atoms with Gasteiger partial charge in [-0.3, -0.25) is 9.69 Å². The highest BCUT2D eigenvalue weighted by atomic mass is 16.5. The number of ether oxygens (including phenoxy) is 1. The van der Waals surface area contributed by atoms with Crippen molar-refractivity contribution >= 4 is 22.6 Å². The fourth-order valence-electron chi connectivity index (χ4n) is 3.90. The highest BCUT2D eigenvalue weighted by Gasteiger charge is 2.22. The lowest BCUT2D eigenvalue weighted by atomic mass is 9.96. The Morgan fingerprint density at radius 1 is 1.14 bits per heavy atom. The maximum absolute atomic E-state index is 12.4. The van der Waals surface area contributed by atoms with E-state index in [9.17, 15) is 4.79 Å². The smallest absolute Gasteiger partial charge is 0.238 e. The van der Waals surface area contributed by atoms with Crippen LogP contribution < -0.4 is 10.1 Å². The number of carbonyl (C=O) groups is 1. The second-order valence-electron chi connectivity index (χ2n) is 7.35. The maximum atomic E-state index is 12.4. The van der Waals surface area contributed by atoms with E-state index in [0.29, 0.717) is 18.2 Å². The van der Waals surface area contributed by atoms with Gasteiger partial charge in [-0.2, -0.15) is 0 Å². The zero-order valence-electron chi connectivity index (χ0n) is 16.2. The maximum Gasteiger partial charge on any atom is 0.238 e. The summed E-state index contributed by atoms with van der Waals surface area (Å²) in [5, 5.41) is 2.96. The molecule has 0 aliphatic carbocycles. The van der Waals surface area contributed by atoms with E-state index in [-0.39, 0.29) is 5.91 Å². The number of hydrogen-bond acceptors (Lipinski definition) is 4. The molecule has 0 spiro atoms. The van der Waals surface area contributed by atoms with Gasteiger partial charge in [-0.25, -0.2) is 4.98 Å². The van der Waals surface area contributed by atoms with Crippen molar-refractivity contribution in [3.05, 3.63) is 54.9 Å². The quantitative estimate of drug-likeness (QED) is 0.714. The zero-order valence-corrected chi connectivity index (χ0v) is 16.2. The summed E-state index contributed by atoms with van der Waals surface area (Å²) >= 11 is 0. The van der Waals surface area contributed by atoms with Crippen molar-refractivity contribution in [1.82, 2.24) is 14.5 Å². The van der Waals surface area contributed by atoms with Crippen molar-refractivity contribution in [1.29, 1.82) is 0 Å². The third-order valence-electron chi connectivity index (χ3n) is 5.44. The molecular formula is C22H26N4O2. The monoisotopic (exact) mass is 378 g/mol. The molecule has 28 heavy (non-hydrogen) atoms. The van der Waals surface area contributed by atoms with E-state index in [4.69, 9.17) is 4.74 Å². The number of likely N-dealkylation sites (tertiary alicyclic amines) is 1. The van der Waals surface area contributed by atoms with Crippen LogP contribution >= 0.6 is 0 Å². The van der Waals surface area contributed by atoms with Crippen LogP contribution in [0, 0.1) is 5.92 Å². The van der Waals surface area contributed by atoms with Gasteiger partial charge in [0.05, 0.1) is 36.7 Å². The Morgan fingerprint density at radius 3 is 2.71 bits per heavy atom. The number of nitrogens with one attached hydrogen (secondary N) is 1. The van der Waals surface area contributed by atoms with Gasteiger partial charge in [0.1, 0.15) is 5.75 Å². The lowest BCUT2D eigenvalue weighted by molar-refractivity contribution is -0.117. The fraction of sp³-hybridized carbons (Fsp3) is 0.364. The average Bonchev–Trinajstić information content (AvgIpc) is 3.13. The molecule has 0 unspecified atom stereocenters. The summed E-state index contributed by atoms with van der Waals surface area (Å²) in [6.07, 6.45) is 4.13. The third-order valence-corrected chi connectivity index (χ3v) is 5.44. The summed E-state index contributed by atoms with van der Waals surface area (Å²) in [5.74, 6) is 1.30. The first-order valence-corrected chi connectivity index (χ1v) is 9.78. The molecule has 1 fully saturated rings. The number of rotatable bonds is 6. The van der Waals surface area contributed by atoms with E-state index in [1.54, 1.807) is 7.11 Å². The Bertz CT molecular complexity index is 944. The van der Waals surface area contributed by atoms with E-state index >= 15 is 0 Å². The first kappa shape index (κ1) is 18.5. The number of benzene rings is 2. The van der Waals surface area contributed by atoms with Crippen molar-refractivity contribution in [2.45, 2.75) is 19.4 Å². The van der Waals surface area contributed by atoms with E-state index in [1.165, 1.54) is 5.52 Å². The number of imidazole rings is 1. The molecule has 0 radical (unpaired) electrons. The first-order valence-electron chi connectivity index (χ1n) is 9.78. The highest BCUT2D eigenvalue weighted by molar-refractivity contribution is 5.93. The lowest BCUT2D eigenvalue weighted by Crippen LogP contribution is -2.40. The molecule has 146 valence electrons. The minimum Gasteiger partial charge on any atom is -0.495 e. The molecule has 1 amide bonds. The molecular weight excluding hydrogens is 352 g/mol. The molecule has 3 aromatic rings. The van der Waals surface area contributed by atoms with Crippen LogP contribution in [0.3, 0.4) is 0 Å². The number of hydrogen-bond donors (Lipinski definition) is 1. The zero-order chi connectivity index (χ0) is 19.3.